The van der Waals surface area contributed by atoms with Crippen molar-refractivity contribution in [3.63, 3.8) is 0 Å². The fourth-order valence-electron chi connectivity index (χ4n) is 4.12. The Kier molecular flexibility index (Phi) is 6.04. The predicted molar refractivity (Wildman–Crippen MR) is 120 cm³/mol. The molecule has 1 aliphatic rings. The Hall–Kier alpha value is -2.44. The summed E-state index contributed by atoms with van der Waals surface area (Å²) in [4.78, 5) is 13.5. The first-order valence-corrected chi connectivity index (χ1v) is 12.4. The highest BCUT2D eigenvalue weighted by atomic mass is 31.2. The van der Waals surface area contributed by atoms with Crippen LogP contribution in [0.3, 0.4) is 0 Å². The van der Waals surface area contributed by atoms with Gasteiger partial charge in [0.1, 0.15) is 24.2 Å². The summed E-state index contributed by atoms with van der Waals surface area (Å²) >= 11 is 0. The average molecular weight is 445 g/mol. The van der Waals surface area contributed by atoms with Gasteiger partial charge in [0.15, 0.2) is 0 Å². The van der Waals surface area contributed by atoms with Crippen LogP contribution in [-0.4, -0.2) is 40.4 Å². The lowest BCUT2D eigenvalue weighted by atomic mass is 9.97. The lowest BCUT2D eigenvalue weighted by Crippen LogP contribution is -2.33. The van der Waals surface area contributed by atoms with E-state index in [-0.39, 0.29) is 11.6 Å². The number of nitrogens with one attached hydrogen (secondary N) is 2. The second kappa shape index (κ2) is 8.60. The fraction of sp³-hybridized carbons (Fsp3) is 0.409. The standard InChI is InChI=1S/C22H26F2N5OP/c1-13-16(5-4-6-17(13)21(23)24)14(2)27-22-18-11-20(31(30)9-7-25-8-10-31)26-12-19(18)28-15(3)29-22/h4-6,11-12,14,21,25H,7-10H2,1-3H3,(H,27,28,29)/t14-/m1/s1. The van der Waals surface area contributed by atoms with Gasteiger partial charge in [0.2, 0.25) is 0 Å². The molecule has 164 valence electrons. The molecule has 9 heteroatoms. The number of rotatable bonds is 5. The van der Waals surface area contributed by atoms with Crippen molar-refractivity contribution >= 4 is 29.3 Å². The van der Waals surface area contributed by atoms with Gasteiger partial charge < -0.3 is 15.2 Å². The summed E-state index contributed by atoms with van der Waals surface area (Å²) in [5.74, 6) is 1.16. The molecule has 0 amide bonds. The Bertz CT molecular complexity index is 1160. The minimum atomic E-state index is -2.56. The first kappa shape index (κ1) is 21.8. The number of hydrogen-bond acceptors (Lipinski definition) is 6. The third kappa shape index (κ3) is 4.32. The minimum absolute atomic E-state index is 0.0327. The molecule has 0 radical (unpaired) electrons. The number of nitrogens with zero attached hydrogens (tertiary/aromatic N) is 3. The lowest BCUT2D eigenvalue weighted by Gasteiger charge is -2.24. The van der Waals surface area contributed by atoms with Gasteiger partial charge in [0, 0.05) is 36.4 Å². The highest BCUT2D eigenvalue weighted by Crippen LogP contribution is 2.44. The summed E-state index contributed by atoms with van der Waals surface area (Å²) in [5, 5.41) is 7.34. The van der Waals surface area contributed by atoms with Crippen molar-refractivity contribution in [1.82, 2.24) is 20.3 Å². The summed E-state index contributed by atoms with van der Waals surface area (Å²) in [7, 11) is -2.56. The zero-order valence-electron chi connectivity index (χ0n) is 17.8. The number of anilines is 1. The first-order chi connectivity index (χ1) is 14.8. The Morgan fingerprint density at radius 3 is 2.55 bits per heavy atom. The predicted octanol–water partition coefficient (Wildman–Crippen LogP) is 4.34. The molecule has 1 aliphatic heterocycles. The highest BCUT2D eigenvalue weighted by molar-refractivity contribution is 7.71. The van der Waals surface area contributed by atoms with E-state index >= 15 is 0 Å². The molecule has 0 unspecified atom stereocenters. The Balaban J connectivity index is 1.74. The Morgan fingerprint density at radius 1 is 1.13 bits per heavy atom. The number of aromatic nitrogens is 3. The van der Waals surface area contributed by atoms with E-state index < -0.39 is 13.6 Å². The van der Waals surface area contributed by atoms with Crippen LogP contribution in [-0.2, 0) is 4.57 Å². The van der Waals surface area contributed by atoms with Gasteiger partial charge in [0.25, 0.3) is 6.43 Å². The second-order valence-corrected chi connectivity index (χ2v) is 11.1. The summed E-state index contributed by atoms with van der Waals surface area (Å²) < 4.78 is 40.1. The number of halogens is 2. The number of pyridine rings is 1. The average Bonchev–Trinajstić information content (AvgIpc) is 2.73. The van der Waals surface area contributed by atoms with E-state index in [4.69, 9.17) is 0 Å². The van der Waals surface area contributed by atoms with Crippen molar-refractivity contribution in [2.24, 2.45) is 0 Å². The quantitative estimate of drug-likeness (QED) is 0.569. The number of hydrogen-bond donors (Lipinski definition) is 2. The molecule has 0 aliphatic carbocycles. The lowest BCUT2D eigenvalue weighted by molar-refractivity contribution is 0.150. The molecule has 2 N–H and O–H groups in total. The molecule has 0 bridgehead atoms. The molecule has 4 rings (SSSR count). The van der Waals surface area contributed by atoms with Crippen molar-refractivity contribution < 1.29 is 13.3 Å². The molecule has 0 spiro atoms. The van der Waals surface area contributed by atoms with Crippen LogP contribution in [0.4, 0.5) is 14.6 Å². The Morgan fingerprint density at radius 2 is 1.84 bits per heavy atom. The van der Waals surface area contributed by atoms with Crippen LogP contribution in [0.15, 0.2) is 30.5 Å². The van der Waals surface area contributed by atoms with Crippen LogP contribution in [0.25, 0.3) is 10.9 Å². The molecule has 0 saturated carbocycles. The third-order valence-electron chi connectivity index (χ3n) is 5.87. The van der Waals surface area contributed by atoms with Gasteiger partial charge in [-0.2, -0.15) is 0 Å². The van der Waals surface area contributed by atoms with Crippen molar-refractivity contribution in [1.29, 1.82) is 0 Å². The molecule has 2 aromatic heterocycles. The number of alkyl halides is 2. The SMILES string of the molecule is Cc1nc(N[C@H](C)c2cccc(C(F)F)c2C)c2cc(P3(=O)CCNCC3)ncc2n1. The summed E-state index contributed by atoms with van der Waals surface area (Å²) in [5.41, 5.74) is 2.63. The highest BCUT2D eigenvalue weighted by Gasteiger charge is 2.29. The van der Waals surface area contributed by atoms with Crippen molar-refractivity contribution in [3.8, 4) is 0 Å². The maximum Gasteiger partial charge on any atom is 0.264 e. The zero-order chi connectivity index (χ0) is 22.2. The van der Waals surface area contributed by atoms with E-state index in [1.165, 1.54) is 6.07 Å². The van der Waals surface area contributed by atoms with E-state index in [9.17, 15) is 13.3 Å². The normalized spacial score (nSPS) is 17.1. The largest absolute Gasteiger partial charge is 0.363 e. The molecule has 31 heavy (non-hydrogen) atoms. The van der Waals surface area contributed by atoms with Gasteiger partial charge in [0.05, 0.1) is 17.8 Å². The monoisotopic (exact) mass is 445 g/mol. The van der Waals surface area contributed by atoms with E-state index in [0.29, 0.717) is 53.6 Å². The van der Waals surface area contributed by atoms with Gasteiger partial charge in [-0.1, -0.05) is 18.2 Å². The van der Waals surface area contributed by atoms with E-state index in [0.717, 1.165) is 10.9 Å². The van der Waals surface area contributed by atoms with Crippen LogP contribution in [0.1, 0.15) is 41.9 Å². The molecule has 3 heterocycles. The zero-order valence-corrected chi connectivity index (χ0v) is 18.7. The maximum absolute atomic E-state index is 13.4. The summed E-state index contributed by atoms with van der Waals surface area (Å²) in [6, 6.07) is 6.52. The number of aryl methyl sites for hydroxylation is 1. The molecular weight excluding hydrogens is 419 g/mol. The van der Waals surface area contributed by atoms with Gasteiger partial charge in [-0.05, 0) is 38.0 Å². The summed E-state index contributed by atoms with van der Waals surface area (Å²) in [6.45, 7) is 6.84. The maximum atomic E-state index is 13.4. The molecule has 1 aromatic carbocycles. The van der Waals surface area contributed by atoms with Crippen molar-refractivity contribution in [2.45, 2.75) is 33.2 Å². The van der Waals surface area contributed by atoms with Crippen molar-refractivity contribution in [3.05, 3.63) is 53.0 Å². The van der Waals surface area contributed by atoms with Gasteiger partial charge in [-0.25, -0.2) is 18.7 Å². The number of fused-ring (bicyclic) bond motifs is 1. The van der Waals surface area contributed by atoms with E-state index in [2.05, 4.69) is 25.6 Å². The van der Waals surface area contributed by atoms with Crippen molar-refractivity contribution in [2.75, 3.05) is 30.7 Å². The second-order valence-electron chi connectivity index (χ2n) is 7.99. The van der Waals surface area contributed by atoms with Crippen LogP contribution in [0.5, 0.6) is 0 Å². The van der Waals surface area contributed by atoms with E-state index in [1.54, 1.807) is 26.1 Å². The smallest absolute Gasteiger partial charge is 0.264 e. The summed E-state index contributed by atoms with van der Waals surface area (Å²) in [6.07, 6.45) is 0.290. The van der Waals surface area contributed by atoms with Crippen LogP contribution in [0, 0.1) is 13.8 Å². The first-order valence-electron chi connectivity index (χ1n) is 10.4. The molecular formula is C22H26F2N5OP. The molecule has 6 nitrogen and oxygen atoms in total. The molecule has 3 aromatic rings. The van der Waals surface area contributed by atoms with Gasteiger partial charge >= 0.3 is 0 Å². The number of benzene rings is 1. The van der Waals surface area contributed by atoms with E-state index in [1.807, 2.05) is 19.1 Å². The third-order valence-corrected chi connectivity index (χ3v) is 8.84. The minimum Gasteiger partial charge on any atom is -0.363 e. The van der Waals surface area contributed by atoms with Gasteiger partial charge in [-0.3, -0.25) is 4.98 Å². The fourth-order valence-corrected chi connectivity index (χ4v) is 6.47. The molecule has 1 atom stereocenters. The molecule has 1 fully saturated rings. The van der Waals surface area contributed by atoms with Gasteiger partial charge in [-0.15, -0.1) is 0 Å². The van der Waals surface area contributed by atoms with Crippen LogP contribution < -0.4 is 16.1 Å². The molecule has 1 saturated heterocycles. The Labute approximate surface area is 180 Å². The van der Waals surface area contributed by atoms with Crippen LogP contribution >= 0.6 is 7.14 Å². The van der Waals surface area contributed by atoms with Crippen LogP contribution in [0.2, 0.25) is 0 Å². The topological polar surface area (TPSA) is 79.8 Å².